The van der Waals surface area contributed by atoms with Crippen LogP contribution in [0.15, 0.2) is 42.5 Å². The molecule has 1 aliphatic heterocycles. The van der Waals surface area contributed by atoms with E-state index in [4.69, 9.17) is 22.1 Å². The average molecular weight is 275 g/mol. The minimum absolute atomic E-state index is 0.214. The van der Waals surface area contributed by atoms with Crippen LogP contribution in [-0.4, -0.2) is 6.61 Å². The molecule has 0 aliphatic carbocycles. The molecule has 4 heteroatoms. The summed E-state index contributed by atoms with van der Waals surface area (Å²) in [6.07, 6.45) is 0.914. The number of nitrogen functional groups attached to an aromatic ring is 1. The summed E-state index contributed by atoms with van der Waals surface area (Å²) in [7, 11) is 0. The average Bonchev–Trinajstić information content (AvgIpc) is 2.42. The van der Waals surface area contributed by atoms with Crippen LogP contribution in [0.1, 0.15) is 18.0 Å². The van der Waals surface area contributed by atoms with E-state index < -0.39 is 0 Å². The number of hydrogen-bond acceptors (Lipinski definition) is 3. The van der Waals surface area contributed by atoms with Crippen molar-refractivity contribution in [2.24, 2.45) is 0 Å². The van der Waals surface area contributed by atoms with E-state index in [0.717, 1.165) is 17.9 Å². The van der Waals surface area contributed by atoms with Crippen molar-refractivity contribution in [2.75, 3.05) is 17.7 Å². The molecule has 0 bridgehead atoms. The minimum atomic E-state index is 0.214. The third-order valence-corrected chi connectivity index (χ3v) is 3.59. The number of nitrogens with one attached hydrogen (secondary N) is 1. The second-order valence-corrected chi connectivity index (χ2v) is 5.02. The Morgan fingerprint density at radius 2 is 2.05 bits per heavy atom. The van der Waals surface area contributed by atoms with Crippen molar-refractivity contribution in [2.45, 2.75) is 12.5 Å². The smallest absolute Gasteiger partial charge is 0.124 e. The van der Waals surface area contributed by atoms with Crippen molar-refractivity contribution >= 4 is 23.0 Å². The summed E-state index contributed by atoms with van der Waals surface area (Å²) >= 11 is 6.20. The zero-order valence-corrected chi connectivity index (χ0v) is 11.2. The van der Waals surface area contributed by atoms with Crippen LogP contribution in [-0.2, 0) is 0 Å². The Morgan fingerprint density at radius 1 is 1.21 bits per heavy atom. The van der Waals surface area contributed by atoms with Gasteiger partial charge in [-0.25, -0.2) is 0 Å². The molecule has 0 aromatic heterocycles. The lowest BCUT2D eigenvalue weighted by Crippen LogP contribution is -2.20. The van der Waals surface area contributed by atoms with Crippen molar-refractivity contribution in [3.8, 4) is 5.75 Å². The lowest BCUT2D eigenvalue weighted by atomic mass is 10.0. The van der Waals surface area contributed by atoms with Crippen molar-refractivity contribution in [3.63, 3.8) is 0 Å². The molecular formula is C15H15ClN2O. The highest BCUT2D eigenvalue weighted by Crippen LogP contribution is 2.36. The third-order valence-electron chi connectivity index (χ3n) is 3.28. The van der Waals surface area contributed by atoms with Gasteiger partial charge in [-0.3, -0.25) is 0 Å². The molecule has 0 saturated heterocycles. The Morgan fingerprint density at radius 3 is 2.89 bits per heavy atom. The molecule has 2 aromatic carbocycles. The number of nitrogens with two attached hydrogens (primary N) is 1. The molecule has 19 heavy (non-hydrogen) atoms. The van der Waals surface area contributed by atoms with Gasteiger partial charge in [0.1, 0.15) is 5.75 Å². The molecule has 0 spiro atoms. The second kappa shape index (κ2) is 5.02. The molecule has 3 nitrogen and oxygen atoms in total. The molecule has 2 aromatic rings. The van der Waals surface area contributed by atoms with E-state index in [-0.39, 0.29) is 6.04 Å². The van der Waals surface area contributed by atoms with Gasteiger partial charge in [0, 0.05) is 17.7 Å². The van der Waals surface area contributed by atoms with Gasteiger partial charge in [0.15, 0.2) is 0 Å². The Labute approximate surface area is 117 Å². The first-order valence-corrected chi connectivity index (χ1v) is 6.65. The van der Waals surface area contributed by atoms with E-state index in [2.05, 4.69) is 11.4 Å². The Hall–Kier alpha value is -1.87. The molecule has 0 saturated carbocycles. The molecule has 1 aliphatic rings. The molecule has 3 rings (SSSR count). The number of hydrogen-bond donors (Lipinski definition) is 2. The van der Waals surface area contributed by atoms with Crippen LogP contribution in [0.25, 0.3) is 0 Å². The number of ether oxygens (including phenoxy) is 1. The van der Waals surface area contributed by atoms with E-state index in [9.17, 15) is 0 Å². The van der Waals surface area contributed by atoms with Crippen molar-refractivity contribution in [1.29, 1.82) is 0 Å². The summed E-state index contributed by atoms with van der Waals surface area (Å²) in [4.78, 5) is 0. The highest BCUT2D eigenvalue weighted by atomic mass is 35.5. The van der Waals surface area contributed by atoms with E-state index in [1.807, 2.05) is 30.3 Å². The quantitative estimate of drug-likeness (QED) is 0.818. The number of rotatable bonds is 2. The van der Waals surface area contributed by atoms with E-state index in [1.165, 1.54) is 5.56 Å². The molecule has 1 unspecified atom stereocenters. The van der Waals surface area contributed by atoms with E-state index in [0.29, 0.717) is 17.3 Å². The first-order valence-electron chi connectivity index (χ1n) is 6.27. The summed E-state index contributed by atoms with van der Waals surface area (Å²) in [6, 6.07) is 13.8. The van der Waals surface area contributed by atoms with E-state index >= 15 is 0 Å². The van der Waals surface area contributed by atoms with Crippen molar-refractivity contribution in [3.05, 3.63) is 53.1 Å². The summed E-state index contributed by atoms with van der Waals surface area (Å²) < 4.78 is 5.65. The van der Waals surface area contributed by atoms with Crippen LogP contribution in [0.4, 0.5) is 11.4 Å². The molecule has 1 atom stereocenters. The van der Waals surface area contributed by atoms with Crippen molar-refractivity contribution in [1.82, 2.24) is 0 Å². The fourth-order valence-electron chi connectivity index (χ4n) is 2.33. The lowest BCUT2D eigenvalue weighted by molar-refractivity contribution is 0.274. The summed E-state index contributed by atoms with van der Waals surface area (Å²) in [5, 5.41) is 4.11. The molecule has 98 valence electrons. The van der Waals surface area contributed by atoms with Crippen LogP contribution in [0.5, 0.6) is 5.75 Å². The van der Waals surface area contributed by atoms with Gasteiger partial charge < -0.3 is 15.8 Å². The predicted octanol–water partition coefficient (Wildman–Crippen LogP) is 3.86. The molecule has 1 heterocycles. The highest BCUT2D eigenvalue weighted by molar-refractivity contribution is 6.33. The van der Waals surface area contributed by atoms with E-state index in [1.54, 1.807) is 6.07 Å². The zero-order chi connectivity index (χ0) is 13.2. The molecular weight excluding hydrogens is 260 g/mol. The Balaban J connectivity index is 1.88. The van der Waals surface area contributed by atoms with Gasteiger partial charge in [0.05, 0.1) is 23.4 Å². The maximum atomic E-state index is 6.20. The van der Waals surface area contributed by atoms with Gasteiger partial charge in [0.2, 0.25) is 0 Å². The SMILES string of the molecule is Nc1ccc(NC2CCOc3ccccc32)c(Cl)c1. The molecule has 3 N–H and O–H groups in total. The number of benzene rings is 2. The maximum absolute atomic E-state index is 6.20. The van der Waals surface area contributed by atoms with Crippen LogP contribution >= 0.6 is 11.6 Å². The fraction of sp³-hybridized carbons (Fsp3) is 0.200. The fourth-order valence-corrected chi connectivity index (χ4v) is 2.57. The van der Waals surface area contributed by atoms with Gasteiger partial charge in [-0.15, -0.1) is 0 Å². The number of halogens is 1. The van der Waals surface area contributed by atoms with Crippen molar-refractivity contribution < 1.29 is 4.74 Å². The number of fused-ring (bicyclic) bond motifs is 1. The summed E-state index contributed by atoms with van der Waals surface area (Å²) in [5.41, 5.74) is 8.44. The number of anilines is 2. The monoisotopic (exact) mass is 274 g/mol. The van der Waals surface area contributed by atoms with Gasteiger partial charge in [-0.2, -0.15) is 0 Å². The summed E-state index contributed by atoms with van der Waals surface area (Å²) in [5.74, 6) is 0.942. The maximum Gasteiger partial charge on any atom is 0.124 e. The molecule has 0 fully saturated rings. The van der Waals surface area contributed by atoms with Gasteiger partial charge >= 0.3 is 0 Å². The van der Waals surface area contributed by atoms with Crippen LogP contribution in [0, 0.1) is 0 Å². The first-order chi connectivity index (χ1) is 9.24. The Kier molecular flexibility index (Phi) is 3.22. The predicted molar refractivity (Wildman–Crippen MR) is 78.8 cm³/mol. The zero-order valence-electron chi connectivity index (χ0n) is 10.4. The van der Waals surface area contributed by atoms with Gasteiger partial charge in [-0.05, 0) is 24.3 Å². The van der Waals surface area contributed by atoms with Crippen LogP contribution in [0.2, 0.25) is 5.02 Å². The normalized spacial score (nSPS) is 17.4. The lowest BCUT2D eigenvalue weighted by Gasteiger charge is -2.27. The molecule has 0 radical (unpaired) electrons. The third kappa shape index (κ3) is 2.47. The standard InChI is InChI=1S/C15H15ClN2O/c16-12-9-10(17)5-6-14(12)18-13-7-8-19-15-4-2-1-3-11(13)15/h1-6,9,13,18H,7-8,17H2. The topological polar surface area (TPSA) is 47.3 Å². The first kappa shape index (κ1) is 12.2. The Bertz CT molecular complexity index is 600. The van der Waals surface area contributed by atoms with Gasteiger partial charge in [0.25, 0.3) is 0 Å². The van der Waals surface area contributed by atoms with Crippen LogP contribution < -0.4 is 15.8 Å². The number of para-hydroxylation sites is 1. The van der Waals surface area contributed by atoms with Crippen LogP contribution in [0.3, 0.4) is 0 Å². The minimum Gasteiger partial charge on any atom is -0.493 e. The molecule has 0 amide bonds. The highest BCUT2D eigenvalue weighted by Gasteiger charge is 2.21. The summed E-state index contributed by atoms with van der Waals surface area (Å²) in [6.45, 7) is 0.710. The largest absolute Gasteiger partial charge is 0.493 e. The van der Waals surface area contributed by atoms with Gasteiger partial charge in [-0.1, -0.05) is 29.8 Å². The second-order valence-electron chi connectivity index (χ2n) is 4.61.